The first kappa shape index (κ1) is 8.29. The molecule has 0 fully saturated rings. The molecule has 9 heavy (non-hydrogen) atoms. The molecule has 7 heteroatoms. The summed E-state index contributed by atoms with van der Waals surface area (Å²) in [6, 6.07) is 0.397. The average molecular weight is 137 g/mol. The van der Waals surface area contributed by atoms with Crippen molar-refractivity contribution in [1.82, 2.24) is 0 Å². The molecule has 50 valence electrons. The summed E-state index contributed by atoms with van der Waals surface area (Å²) in [5, 5.41) is 22.9. The van der Waals surface area contributed by atoms with Gasteiger partial charge in [0.15, 0.2) is 6.07 Å². The van der Waals surface area contributed by atoms with Crippen molar-refractivity contribution in [2.75, 3.05) is 0 Å². The molecule has 0 unspecified atom stereocenters. The summed E-state index contributed by atoms with van der Waals surface area (Å²) < 4.78 is 26.0. The summed E-state index contributed by atoms with van der Waals surface area (Å²) in [5.41, 5.74) is 0. The molecule has 0 aliphatic carbocycles. The van der Waals surface area contributed by atoms with Crippen LogP contribution in [0.15, 0.2) is 0 Å². The van der Waals surface area contributed by atoms with Crippen LogP contribution in [0.5, 0.6) is 0 Å². The van der Waals surface area contributed by atoms with Gasteiger partial charge in [0.2, 0.25) is 0 Å². The van der Waals surface area contributed by atoms with Gasteiger partial charge in [-0.15, -0.1) is 0 Å². The Hall–Kier alpha value is -0.705. The summed E-state index contributed by atoms with van der Waals surface area (Å²) in [5.74, 6) is 0. The summed E-state index contributed by atoms with van der Waals surface area (Å²) in [4.78, 5) is 0. The van der Waals surface area contributed by atoms with Gasteiger partial charge >= 0.3 is 13.4 Å². The number of hydrogen-bond acceptors (Lipinski definition) is 4. The number of nitrogens with zero attached hydrogens (tertiary/aromatic N) is 1. The molecular formula is C2H2BF2NO3. The third-order valence-electron chi connectivity index (χ3n) is 0.384. The topological polar surface area (TPSA) is 73.5 Å². The van der Waals surface area contributed by atoms with Crippen molar-refractivity contribution in [1.29, 1.82) is 5.26 Å². The average Bonchev–Trinajstić information content (AvgIpc) is 1.63. The highest BCUT2D eigenvalue weighted by molar-refractivity contribution is 6.32. The van der Waals surface area contributed by atoms with Crippen molar-refractivity contribution >= 4 is 7.32 Å². The van der Waals surface area contributed by atoms with E-state index in [2.05, 4.69) is 4.65 Å². The number of halogens is 2. The fourth-order valence-corrected chi connectivity index (χ4v) is 0.159. The van der Waals surface area contributed by atoms with Gasteiger partial charge in [0.25, 0.3) is 0 Å². The van der Waals surface area contributed by atoms with E-state index in [0.717, 1.165) is 0 Å². The van der Waals surface area contributed by atoms with Gasteiger partial charge in [-0.05, 0) is 0 Å². The Morgan fingerprint density at radius 2 is 2.00 bits per heavy atom. The number of rotatable bonds is 2. The molecule has 0 aromatic carbocycles. The minimum absolute atomic E-state index is 0.397. The van der Waals surface area contributed by atoms with Crippen molar-refractivity contribution in [3.8, 4) is 6.07 Å². The van der Waals surface area contributed by atoms with Crippen molar-refractivity contribution in [2.45, 2.75) is 6.11 Å². The smallest absolute Gasteiger partial charge is 0.402 e. The monoisotopic (exact) mass is 137 g/mol. The van der Waals surface area contributed by atoms with E-state index in [-0.39, 0.29) is 0 Å². The normalized spacial score (nSPS) is 10.6. The quantitative estimate of drug-likeness (QED) is 0.483. The van der Waals surface area contributed by atoms with Crippen molar-refractivity contribution in [3.05, 3.63) is 0 Å². The molecule has 2 N–H and O–H groups in total. The Morgan fingerprint density at radius 1 is 1.56 bits per heavy atom. The third-order valence-corrected chi connectivity index (χ3v) is 0.384. The van der Waals surface area contributed by atoms with E-state index in [4.69, 9.17) is 15.3 Å². The fraction of sp³-hybridized carbons (Fsp3) is 0.500. The largest absolute Gasteiger partial charge is 0.639 e. The molecule has 0 heterocycles. The molecule has 0 atom stereocenters. The van der Waals surface area contributed by atoms with E-state index in [0.29, 0.717) is 6.07 Å². The fourth-order valence-electron chi connectivity index (χ4n) is 0.159. The van der Waals surface area contributed by atoms with Crippen LogP contribution in [0.3, 0.4) is 0 Å². The van der Waals surface area contributed by atoms with Crippen molar-refractivity contribution < 1.29 is 23.5 Å². The Balaban J connectivity index is 3.76. The molecule has 0 saturated carbocycles. The lowest BCUT2D eigenvalue weighted by Crippen LogP contribution is -2.29. The first-order chi connectivity index (χ1) is 3.98. The Bertz CT molecular complexity index is 132. The lowest BCUT2D eigenvalue weighted by molar-refractivity contribution is -0.146. The lowest BCUT2D eigenvalue weighted by Gasteiger charge is -2.05. The predicted octanol–water partition coefficient (Wildman–Crippen LogP) is -0.911. The second kappa shape index (κ2) is 2.73. The summed E-state index contributed by atoms with van der Waals surface area (Å²) in [7, 11) is -2.63. The van der Waals surface area contributed by atoms with E-state index in [1.165, 1.54) is 0 Å². The maximum absolute atomic E-state index is 11.5. The number of nitriles is 1. The van der Waals surface area contributed by atoms with Crippen LogP contribution in [0.4, 0.5) is 8.78 Å². The molecule has 0 aliphatic heterocycles. The first-order valence-corrected chi connectivity index (χ1v) is 1.81. The molecule has 0 spiro atoms. The number of alkyl halides is 2. The predicted molar refractivity (Wildman–Crippen MR) is 21.8 cm³/mol. The molecule has 4 nitrogen and oxygen atoms in total. The molecule has 0 amide bonds. The summed E-state index contributed by atoms with van der Waals surface area (Å²) in [6.45, 7) is 0. The Morgan fingerprint density at radius 3 is 2.11 bits per heavy atom. The molecule has 0 rings (SSSR count). The van der Waals surface area contributed by atoms with E-state index in [9.17, 15) is 8.78 Å². The Labute approximate surface area is 49.5 Å². The molecule has 0 aromatic heterocycles. The van der Waals surface area contributed by atoms with Gasteiger partial charge in [-0.1, -0.05) is 0 Å². The van der Waals surface area contributed by atoms with E-state index in [1.54, 1.807) is 0 Å². The zero-order valence-electron chi connectivity index (χ0n) is 4.08. The standard InChI is InChI=1S/C2H2BF2NO3/c4-2(5,1-6)9-3(7)8/h7-8H. The number of hydrogen-bond donors (Lipinski definition) is 2. The van der Waals surface area contributed by atoms with E-state index >= 15 is 0 Å². The van der Waals surface area contributed by atoms with Gasteiger partial charge in [-0.25, -0.2) is 0 Å². The van der Waals surface area contributed by atoms with Crippen LogP contribution in [0.2, 0.25) is 0 Å². The van der Waals surface area contributed by atoms with Gasteiger partial charge in [-0.2, -0.15) is 14.0 Å². The highest BCUT2D eigenvalue weighted by Crippen LogP contribution is 2.12. The molecular weight excluding hydrogens is 135 g/mol. The maximum atomic E-state index is 11.5. The van der Waals surface area contributed by atoms with Crippen molar-refractivity contribution in [2.24, 2.45) is 0 Å². The first-order valence-electron chi connectivity index (χ1n) is 1.81. The van der Waals surface area contributed by atoms with Gasteiger partial charge in [0.1, 0.15) is 0 Å². The van der Waals surface area contributed by atoms with Crippen LogP contribution in [0, 0.1) is 11.3 Å². The minimum atomic E-state index is -4.13. The van der Waals surface area contributed by atoms with Gasteiger partial charge in [0, 0.05) is 0 Å². The summed E-state index contributed by atoms with van der Waals surface area (Å²) >= 11 is 0. The Kier molecular flexibility index (Phi) is 2.51. The van der Waals surface area contributed by atoms with Gasteiger partial charge < -0.3 is 14.7 Å². The molecule has 0 bridgehead atoms. The molecule has 0 aliphatic rings. The molecule has 0 radical (unpaired) electrons. The van der Waals surface area contributed by atoms with E-state index in [1.807, 2.05) is 0 Å². The molecule has 0 saturated heterocycles. The molecule has 0 aromatic rings. The van der Waals surface area contributed by atoms with Gasteiger partial charge in [0.05, 0.1) is 0 Å². The van der Waals surface area contributed by atoms with Crippen LogP contribution in [0.25, 0.3) is 0 Å². The highest BCUT2D eigenvalue weighted by Gasteiger charge is 2.35. The minimum Gasteiger partial charge on any atom is -0.402 e. The third kappa shape index (κ3) is 3.84. The maximum Gasteiger partial charge on any atom is 0.639 e. The van der Waals surface area contributed by atoms with Crippen molar-refractivity contribution in [3.63, 3.8) is 0 Å². The van der Waals surface area contributed by atoms with Crippen LogP contribution >= 0.6 is 0 Å². The SMILES string of the molecule is N#CC(F)(F)OB(O)O. The second-order valence-corrected chi connectivity index (χ2v) is 1.07. The zero-order valence-corrected chi connectivity index (χ0v) is 4.08. The van der Waals surface area contributed by atoms with Crippen LogP contribution < -0.4 is 0 Å². The van der Waals surface area contributed by atoms with Crippen LogP contribution in [0.1, 0.15) is 0 Å². The lowest BCUT2D eigenvalue weighted by atomic mass is 10.3. The summed E-state index contributed by atoms with van der Waals surface area (Å²) in [6.07, 6.45) is -4.13. The van der Waals surface area contributed by atoms with Gasteiger partial charge in [-0.3, -0.25) is 0 Å². The highest BCUT2D eigenvalue weighted by atomic mass is 19.3. The van der Waals surface area contributed by atoms with E-state index < -0.39 is 13.4 Å². The van der Waals surface area contributed by atoms with Crippen LogP contribution in [-0.2, 0) is 4.65 Å². The second-order valence-electron chi connectivity index (χ2n) is 1.07. The zero-order chi connectivity index (χ0) is 7.49. The van der Waals surface area contributed by atoms with Crippen LogP contribution in [-0.4, -0.2) is 23.5 Å².